The van der Waals surface area contributed by atoms with E-state index in [0.29, 0.717) is 23.5 Å². The molecule has 0 aliphatic carbocycles. The van der Waals surface area contributed by atoms with E-state index in [1.54, 1.807) is 17.1 Å². The van der Waals surface area contributed by atoms with Crippen LogP contribution in [0.1, 0.15) is 6.92 Å². The molecule has 0 fully saturated rings. The number of thioether (sulfide) groups is 1. The Bertz CT molecular complexity index is 459. The van der Waals surface area contributed by atoms with Gasteiger partial charge in [-0.3, -0.25) is 0 Å². The van der Waals surface area contributed by atoms with Gasteiger partial charge in [-0.15, -0.1) is 0 Å². The SMILES string of the molecule is CCOc1cc(-n2cncn2)nc(SC)n1. The normalized spacial score (nSPS) is 10.4. The van der Waals surface area contributed by atoms with Crippen LogP contribution in [0.25, 0.3) is 5.82 Å². The molecular formula is C9H11N5OS. The molecule has 0 saturated carbocycles. The van der Waals surface area contributed by atoms with E-state index in [2.05, 4.69) is 20.1 Å². The molecule has 2 aromatic heterocycles. The van der Waals surface area contributed by atoms with E-state index >= 15 is 0 Å². The number of nitrogens with zero attached hydrogens (tertiary/aromatic N) is 5. The molecule has 0 spiro atoms. The summed E-state index contributed by atoms with van der Waals surface area (Å²) in [5, 5.41) is 4.66. The summed E-state index contributed by atoms with van der Waals surface area (Å²) in [5.41, 5.74) is 0. The van der Waals surface area contributed by atoms with Crippen molar-refractivity contribution in [2.45, 2.75) is 12.1 Å². The van der Waals surface area contributed by atoms with Crippen molar-refractivity contribution in [3.05, 3.63) is 18.7 Å². The molecule has 0 amide bonds. The fourth-order valence-electron chi connectivity index (χ4n) is 1.15. The topological polar surface area (TPSA) is 65.7 Å². The van der Waals surface area contributed by atoms with Crippen LogP contribution in [0.2, 0.25) is 0 Å². The average molecular weight is 237 g/mol. The highest BCUT2D eigenvalue weighted by molar-refractivity contribution is 7.98. The molecular weight excluding hydrogens is 226 g/mol. The molecule has 0 radical (unpaired) electrons. The van der Waals surface area contributed by atoms with Gasteiger partial charge in [0.15, 0.2) is 11.0 Å². The molecule has 0 aromatic carbocycles. The molecule has 2 rings (SSSR count). The van der Waals surface area contributed by atoms with Gasteiger partial charge in [0, 0.05) is 6.07 Å². The lowest BCUT2D eigenvalue weighted by atomic mass is 10.5. The highest BCUT2D eigenvalue weighted by atomic mass is 32.2. The van der Waals surface area contributed by atoms with Crippen LogP contribution in [0.15, 0.2) is 23.9 Å². The smallest absolute Gasteiger partial charge is 0.219 e. The van der Waals surface area contributed by atoms with Gasteiger partial charge in [-0.1, -0.05) is 11.8 Å². The first kappa shape index (κ1) is 10.9. The van der Waals surface area contributed by atoms with Crippen LogP contribution in [0, 0.1) is 0 Å². The van der Waals surface area contributed by atoms with E-state index < -0.39 is 0 Å². The van der Waals surface area contributed by atoms with Gasteiger partial charge in [0.05, 0.1) is 6.61 Å². The van der Waals surface area contributed by atoms with E-state index in [0.717, 1.165) is 0 Å². The van der Waals surface area contributed by atoms with Gasteiger partial charge in [0.25, 0.3) is 0 Å². The van der Waals surface area contributed by atoms with Gasteiger partial charge in [-0.2, -0.15) is 10.1 Å². The Kier molecular flexibility index (Phi) is 3.35. The van der Waals surface area contributed by atoms with Gasteiger partial charge in [-0.25, -0.2) is 14.6 Å². The molecule has 0 bridgehead atoms. The lowest BCUT2D eigenvalue weighted by molar-refractivity contribution is 0.322. The van der Waals surface area contributed by atoms with Crippen molar-refractivity contribution >= 4 is 11.8 Å². The first-order valence-corrected chi connectivity index (χ1v) is 5.97. The third-order valence-electron chi connectivity index (χ3n) is 1.80. The van der Waals surface area contributed by atoms with Gasteiger partial charge in [0.1, 0.15) is 12.7 Å². The Balaban J connectivity index is 2.41. The highest BCUT2D eigenvalue weighted by Gasteiger charge is 2.06. The van der Waals surface area contributed by atoms with Crippen molar-refractivity contribution in [1.29, 1.82) is 0 Å². The Hall–Kier alpha value is -1.63. The number of hydrogen-bond donors (Lipinski definition) is 0. The minimum atomic E-state index is 0.548. The number of aromatic nitrogens is 5. The molecule has 6 nitrogen and oxygen atoms in total. The molecule has 7 heteroatoms. The predicted molar refractivity (Wildman–Crippen MR) is 59.9 cm³/mol. The molecule has 2 aromatic rings. The second-order valence-corrected chi connectivity index (χ2v) is 3.60. The Morgan fingerprint density at radius 3 is 2.94 bits per heavy atom. The van der Waals surface area contributed by atoms with Crippen molar-refractivity contribution in [3.63, 3.8) is 0 Å². The maximum absolute atomic E-state index is 5.36. The van der Waals surface area contributed by atoms with Gasteiger partial charge in [-0.05, 0) is 13.2 Å². The predicted octanol–water partition coefficient (Wildman–Crippen LogP) is 1.18. The van der Waals surface area contributed by atoms with Crippen LogP contribution >= 0.6 is 11.8 Å². The second kappa shape index (κ2) is 4.93. The van der Waals surface area contributed by atoms with Crippen molar-refractivity contribution < 1.29 is 4.74 Å². The molecule has 0 aliphatic heterocycles. The number of ether oxygens (including phenoxy) is 1. The highest BCUT2D eigenvalue weighted by Crippen LogP contribution is 2.17. The Morgan fingerprint density at radius 1 is 1.44 bits per heavy atom. The lowest BCUT2D eigenvalue weighted by Crippen LogP contribution is -2.03. The Morgan fingerprint density at radius 2 is 2.31 bits per heavy atom. The third-order valence-corrected chi connectivity index (χ3v) is 2.34. The van der Waals surface area contributed by atoms with E-state index in [1.165, 1.54) is 18.1 Å². The monoisotopic (exact) mass is 237 g/mol. The number of hydrogen-bond acceptors (Lipinski definition) is 6. The summed E-state index contributed by atoms with van der Waals surface area (Å²) in [6, 6.07) is 1.73. The largest absolute Gasteiger partial charge is 0.478 e. The van der Waals surface area contributed by atoms with Gasteiger partial charge >= 0.3 is 0 Å². The van der Waals surface area contributed by atoms with E-state index in [-0.39, 0.29) is 0 Å². The fourth-order valence-corrected chi connectivity index (χ4v) is 1.52. The van der Waals surface area contributed by atoms with Crippen LogP contribution < -0.4 is 4.74 Å². The first-order valence-electron chi connectivity index (χ1n) is 4.74. The molecule has 0 N–H and O–H groups in total. The zero-order valence-electron chi connectivity index (χ0n) is 8.99. The van der Waals surface area contributed by atoms with Crippen LogP contribution in [-0.4, -0.2) is 37.6 Å². The molecule has 2 heterocycles. The number of rotatable bonds is 4. The first-order chi connectivity index (χ1) is 7.83. The van der Waals surface area contributed by atoms with Crippen LogP contribution in [-0.2, 0) is 0 Å². The van der Waals surface area contributed by atoms with E-state index in [9.17, 15) is 0 Å². The van der Waals surface area contributed by atoms with Crippen molar-refractivity contribution in [1.82, 2.24) is 24.7 Å². The Labute approximate surface area is 97.1 Å². The lowest BCUT2D eigenvalue weighted by Gasteiger charge is -2.06. The van der Waals surface area contributed by atoms with E-state index in [1.807, 2.05) is 13.2 Å². The molecule has 0 saturated heterocycles. The maximum Gasteiger partial charge on any atom is 0.219 e. The zero-order chi connectivity index (χ0) is 11.4. The second-order valence-electron chi connectivity index (χ2n) is 2.82. The minimum absolute atomic E-state index is 0.548. The van der Waals surface area contributed by atoms with Crippen LogP contribution in [0.4, 0.5) is 0 Å². The fraction of sp³-hybridized carbons (Fsp3) is 0.333. The molecule has 0 aliphatic rings. The summed E-state index contributed by atoms with van der Waals surface area (Å²) in [5.74, 6) is 1.20. The summed E-state index contributed by atoms with van der Waals surface area (Å²) in [6.07, 6.45) is 4.96. The molecule has 0 unspecified atom stereocenters. The molecule has 84 valence electrons. The summed E-state index contributed by atoms with van der Waals surface area (Å²) in [6.45, 7) is 2.48. The quantitative estimate of drug-likeness (QED) is 0.587. The summed E-state index contributed by atoms with van der Waals surface area (Å²) < 4.78 is 6.93. The average Bonchev–Trinajstić information content (AvgIpc) is 2.82. The minimum Gasteiger partial charge on any atom is -0.478 e. The van der Waals surface area contributed by atoms with Crippen molar-refractivity contribution in [2.75, 3.05) is 12.9 Å². The molecule has 0 atom stereocenters. The zero-order valence-corrected chi connectivity index (χ0v) is 9.81. The standard InChI is InChI=1S/C9H11N5OS/c1-3-15-8-4-7(12-9(13-8)16-2)14-6-10-5-11-14/h4-6H,3H2,1-2H3. The van der Waals surface area contributed by atoms with Crippen LogP contribution in [0.3, 0.4) is 0 Å². The van der Waals surface area contributed by atoms with Gasteiger partial charge < -0.3 is 4.74 Å². The third kappa shape index (κ3) is 2.30. The summed E-state index contributed by atoms with van der Waals surface area (Å²) >= 11 is 1.46. The van der Waals surface area contributed by atoms with Crippen molar-refractivity contribution in [3.8, 4) is 11.7 Å². The summed E-state index contributed by atoms with van der Waals surface area (Å²) in [4.78, 5) is 12.4. The van der Waals surface area contributed by atoms with Crippen LogP contribution in [0.5, 0.6) is 5.88 Å². The molecule has 16 heavy (non-hydrogen) atoms. The van der Waals surface area contributed by atoms with E-state index in [4.69, 9.17) is 4.74 Å². The summed E-state index contributed by atoms with van der Waals surface area (Å²) in [7, 11) is 0. The maximum atomic E-state index is 5.36. The van der Waals surface area contributed by atoms with Crippen molar-refractivity contribution in [2.24, 2.45) is 0 Å². The van der Waals surface area contributed by atoms with Gasteiger partial charge in [0.2, 0.25) is 5.88 Å².